The Morgan fingerprint density at radius 2 is 1.74 bits per heavy atom. The molecule has 0 unspecified atom stereocenters. The lowest BCUT2D eigenvalue weighted by Crippen LogP contribution is -2.28. The van der Waals surface area contributed by atoms with E-state index in [9.17, 15) is 19.2 Å². The lowest BCUT2D eigenvalue weighted by Gasteiger charge is -2.10. The second-order valence-corrected chi connectivity index (χ2v) is 9.86. The van der Waals surface area contributed by atoms with Crippen molar-refractivity contribution in [2.75, 3.05) is 11.9 Å². The number of nitrogens with zero attached hydrogens (tertiary/aromatic N) is 2. The van der Waals surface area contributed by atoms with Gasteiger partial charge in [0.15, 0.2) is 0 Å². The van der Waals surface area contributed by atoms with E-state index < -0.39 is 23.4 Å². The molecule has 0 bridgehead atoms. The van der Waals surface area contributed by atoms with E-state index in [1.165, 1.54) is 10.9 Å². The number of hydrogen-bond acceptors (Lipinski definition) is 8. The first kappa shape index (κ1) is 26.7. The van der Waals surface area contributed by atoms with Crippen LogP contribution >= 0.6 is 11.3 Å². The third kappa shape index (κ3) is 6.33. The predicted octanol–water partition coefficient (Wildman–Crippen LogP) is 4.37. The van der Waals surface area contributed by atoms with Crippen molar-refractivity contribution in [2.24, 2.45) is 0 Å². The standard InChI is InChI=1S/C28H27N3O6S/c1-17(2)37-27(34)20-9-11-21(12-10-20)30-22(32)15-31-16-29-25-23(26(31)33)18(3)24(38-25)28(35)36-14-13-19-7-5-4-6-8-19/h4-12,16-17H,13-15H2,1-3H3,(H,30,32). The molecule has 4 aromatic rings. The zero-order valence-electron chi connectivity index (χ0n) is 21.2. The molecule has 0 atom stereocenters. The van der Waals surface area contributed by atoms with Gasteiger partial charge in [-0.3, -0.25) is 14.2 Å². The van der Waals surface area contributed by atoms with Gasteiger partial charge in [-0.1, -0.05) is 30.3 Å². The molecule has 1 amide bonds. The van der Waals surface area contributed by atoms with E-state index in [0.29, 0.717) is 32.9 Å². The maximum atomic E-state index is 13.1. The molecule has 0 aliphatic rings. The van der Waals surface area contributed by atoms with Gasteiger partial charge in [0.05, 0.1) is 30.0 Å². The molecule has 1 N–H and O–H groups in total. The maximum Gasteiger partial charge on any atom is 0.348 e. The summed E-state index contributed by atoms with van der Waals surface area (Å²) in [6, 6.07) is 15.9. The summed E-state index contributed by atoms with van der Waals surface area (Å²) >= 11 is 1.09. The molecule has 0 radical (unpaired) electrons. The molecule has 2 heterocycles. The van der Waals surface area contributed by atoms with Gasteiger partial charge in [0, 0.05) is 12.1 Å². The van der Waals surface area contributed by atoms with Crippen LogP contribution < -0.4 is 10.9 Å². The summed E-state index contributed by atoms with van der Waals surface area (Å²) in [5, 5.41) is 2.98. The van der Waals surface area contributed by atoms with Gasteiger partial charge in [-0.2, -0.15) is 0 Å². The summed E-state index contributed by atoms with van der Waals surface area (Å²) in [6.45, 7) is 5.14. The van der Waals surface area contributed by atoms with Crippen LogP contribution in [0.25, 0.3) is 10.2 Å². The van der Waals surface area contributed by atoms with Crippen molar-refractivity contribution < 1.29 is 23.9 Å². The number of carbonyl (C=O) groups excluding carboxylic acids is 3. The minimum atomic E-state index is -0.508. The van der Waals surface area contributed by atoms with Gasteiger partial charge in [0.25, 0.3) is 5.56 Å². The van der Waals surface area contributed by atoms with E-state index in [4.69, 9.17) is 9.47 Å². The highest BCUT2D eigenvalue weighted by atomic mass is 32.1. The zero-order valence-corrected chi connectivity index (χ0v) is 22.0. The van der Waals surface area contributed by atoms with Crippen molar-refractivity contribution in [3.05, 3.63) is 92.8 Å². The molecule has 0 saturated heterocycles. The van der Waals surface area contributed by atoms with Gasteiger partial charge < -0.3 is 14.8 Å². The summed E-state index contributed by atoms with van der Waals surface area (Å²) in [6.07, 6.45) is 1.64. The largest absolute Gasteiger partial charge is 0.461 e. The number of amides is 1. The van der Waals surface area contributed by atoms with E-state index >= 15 is 0 Å². The molecular weight excluding hydrogens is 506 g/mol. The second-order valence-electron chi connectivity index (χ2n) is 8.87. The Labute approximate surface area is 223 Å². The molecule has 9 nitrogen and oxygen atoms in total. The van der Waals surface area contributed by atoms with E-state index in [1.807, 2.05) is 30.3 Å². The predicted molar refractivity (Wildman–Crippen MR) is 145 cm³/mol. The molecule has 0 saturated carbocycles. The highest BCUT2D eigenvalue weighted by Gasteiger charge is 2.21. The highest BCUT2D eigenvalue weighted by Crippen LogP contribution is 2.27. The van der Waals surface area contributed by atoms with Gasteiger partial charge in [-0.05, 0) is 56.2 Å². The lowest BCUT2D eigenvalue weighted by atomic mass is 10.2. The van der Waals surface area contributed by atoms with Crippen molar-refractivity contribution in [3.8, 4) is 0 Å². The molecule has 2 aromatic carbocycles. The smallest absolute Gasteiger partial charge is 0.348 e. The number of carbonyl (C=O) groups is 3. The quantitative estimate of drug-likeness (QED) is 0.318. The maximum absolute atomic E-state index is 13.1. The molecule has 0 aliphatic heterocycles. The number of benzene rings is 2. The fourth-order valence-corrected chi connectivity index (χ4v) is 4.80. The Kier molecular flexibility index (Phi) is 8.32. The number of fused-ring (bicyclic) bond motifs is 1. The number of ether oxygens (including phenoxy) is 2. The van der Waals surface area contributed by atoms with Gasteiger partial charge in [0.2, 0.25) is 5.91 Å². The lowest BCUT2D eigenvalue weighted by molar-refractivity contribution is -0.116. The monoisotopic (exact) mass is 533 g/mol. The van der Waals surface area contributed by atoms with Crippen LogP contribution in [-0.2, 0) is 27.2 Å². The first-order valence-electron chi connectivity index (χ1n) is 12.0. The first-order chi connectivity index (χ1) is 18.2. The zero-order chi connectivity index (χ0) is 27.2. The van der Waals surface area contributed by atoms with Gasteiger partial charge in [-0.15, -0.1) is 11.3 Å². The Hall–Kier alpha value is -4.31. The summed E-state index contributed by atoms with van der Waals surface area (Å²) in [5.41, 5.74) is 1.94. The van der Waals surface area contributed by atoms with Crippen LogP contribution in [0.2, 0.25) is 0 Å². The van der Waals surface area contributed by atoms with E-state index in [2.05, 4.69) is 10.3 Å². The summed E-state index contributed by atoms with van der Waals surface area (Å²) in [7, 11) is 0. The van der Waals surface area contributed by atoms with Crippen molar-refractivity contribution in [1.82, 2.24) is 9.55 Å². The third-order valence-electron chi connectivity index (χ3n) is 5.63. The van der Waals surface area contributed by atoms with Crippen LogP contribution in [0.3, 0.4) is 0 Å². The average Bonchev–Trinajstić information content (AvgIpc) is 3.23. The molecule has 2 aromatic heterocycles. The highest BCUT2D eigenvalue weighted by molar-refractivity contribution is 7.20. The molecule has 10 heteroatoms. The Balaban J connectivity index is 1.42. The number of rotatable bonds is 9. The van der Waals surface area contributed by atoms with Gasteiger partial charge in [0.1, 0.15) is 16.3 Å². The molecule has 0 spiro atoms. The Morgan fingerprint density at radius 1 is 1.03 bits per heavy atom. The van der Waals surface area contributed by atoms with Crippen LogP contribution in [0.1, 0.15) is 45.0 Å². The van der Waals surface area contributed by atoms with Crippen molar-refractivity contribution in [3.63, 3.8) is 0 Å². The number of esters is 2. The van der Waals surface area contributed by atoms with Crippen LogP contribution in [0.5, 0.6) is 0 Å². The number of aromatic nitrogens is 2. The minimum Gasteiger partial charge on any atom is -0.461 e. The number of nitrogens with one attached hydrogen (secondary N) is 1. The SMILES string of the molecule is Cc1c(C(=O)OCCc2ccccc2)sc2ncn(CC(=O)Nc3ccc(C(=O)OC(C)C)cc3)c(=O)c12. The van der Waals surface area contributed by atoms with Crippen LogP contribution in [0.4, 0.5) is 5.69 Å². The fourth-order valence-electron chi connectivity index (χ4n) is 3.77. The number of aryl methyl sites for hydroxylation is 1. The minimum absolute atomic E-state index is 0.217. The topological polar surface area (TPSA) is 117 Å². The second kappa shape index (κ2) is 11.8. The molecule has 0 aliphatic carbocycles. The molecular formula is C28H27N3O6S. The van der Waals surface area contributed by atoms with Crippen LogP contribution in [-0.4, -0.2) is 40.1 Å². The fraction of sp³-hybridized carbons (Fsp3) is 0.250. The third-order valence-corrected chi connectivity index (χ3v) is 6.81. The van der Waals surface area contributed by atoms with Crippen LogP contribution in [0.15, 0.2) is 65.7 Å². The molecule has 38 heavy (non-hydrogen) atoms. The Bertz CT molecular complexity index is 1520. The van der Waals surface area contributed by atoms with Crippen molar-refractivity contribution in [2.45, 2.75) is 39.8 Å². The average molecular weight is 534 g/mol. The van der Waals surface area contributed by atoms with E-state index in [-0.39, 0.29) is 24.6 Å². The number of hydrogen-bond donors (Lipinski definition) is 1. The molecule has 4 rings (SSSR count). The van der Waals surface area contributed by atoms with Crippen LogP contribution in [0, 0.1) is 6.92 Å². The number of anilines is 1. The van der Waals surface area contributed by atoms with Crippen molar-refractivity contribution >= 4 is 45.1 Å². The van der Waals surface area contributed by atoms with Gasteiger partial charge >= 0.3 is 11.9 Å². The van der Waals surface area contributed by atoms with E-state index in [1.54, 1.807) is 45.0 Å². The summed E-state index contributed by atoms with van der Waals surface area (Å²) in [4.78, 5) is 55.4. The summed E-state index contributed by atoms with van der Waals surface area (Å²) < 4.78 is 11.8. The Morgan fingerprint density at radius 3 is 2.42 bits per heavy atom. The van der Waals surface area contributed by atoms with Crippen molar-refractivity contribution in [1.29, 1.82) is 0 Å². The molecule has 196 valence electrons. The molecule has 0 fully saturated rings. The van der Waals surface area contributed by atoms with E-state index in [0.717, 1.165) is 16.9 Å². The first-order valence-corrected chi connectivity index (χ1v) is 12.8. The van der Waals surface area contributed by atoms with Gasteiger partial charge in [-0.25, -0.2) is 14.6 Å². The normalized spacial score (nSPS) is 10.9. The number of thiophene rings is 1. The summed E-state index contributed by atoms with van der Waals surface area (Å²) in [5.74, 6) is -1.40.